The molecular weight excluding hydrogens is 573 g/mol. The molecule has 6 rings (SSSR count). The Morgan fingerprint density at radius 3 is 2.63 bits per heavy atom. The second-order valence-corrected chi connectivity index (χ2v) is 11.8. The third-order valence-electron chi connectivity index (χ3n) is 7.93. The van der Waals surface area contributed by atoms with Crippen molar-refractivity contribution in [1.29, 1.82) is 0 Å². The van der Waals surface area contributed by atoms with Crippen LogP contribution in [0.4, 0.5) is 4.39 Å². The number of rotatable bonds is 6. The first-order valence-electron chi connectivity index (χ1n) is 13.8. The molecule has 1 saturated heterocycles. The van der Waals surface area contributed by atoms with Gasteiger partial charge in [-0.15, -0.1) is 0 Å². The molecule has 0 saturated carbocycles. The van der Waals surface area contributed by atoms with Crippen molar-refractivity contribution >= 4 is 39.6 Å². The summed E-state index contributed by atoms with van der Waals surface area (Å²) in [5.74, 6) is -0.503. The van der Waals surface area contributed by atoms with E-state index in [9.17, 15) is 14.4 Å². The van der Waals surface area contributed by atoms with Gasteiger partial charge in [0.25, 0.3) is 0 Å². The van der Waals surface area contributed by atoms with Gasteiger partial charge in [0.15, 0.2) is 11.3 Å². The topological polar surface area (TPSA) is 119 Å². The van der Waals surface area contributed by atoms with Crippen molar-refractivity contribution in [2.45, 2.75) is 45.8 Å². The molecule has 1 amide bonds. The van der Waals surface area contributed by atoms with Crippen LogP contribution in [0.2, 0.25) is 5.02 Å². The van der Waals surface area contributed by atoms with Gasteiger partial charge < -0.3 is 4.90 Å². The van der Waals surface area contributed by atoms with Gasteiger partial charge in [-0.25, -0.2) is 9.37 Å². The number of aromatic nitrogens is 6. The Morgan fingerprint density at radius 2 is 1.93 bits per heavy atom. The summed E-state index contributed by atoms with van der Waals surface area (Å²) in [7, 11) is 0. The fourth-order valence-electron chi connectivity index (χ4n) is 5.80. The summed E-state index contributed by atoms with van der Waals surface area (Å²) in [6, 6.07) is 7.15. The van der Waals surface area contributed by atoms with Gasteiger partial charge in [-0.2, -0.15) is 5.10 Å². The number of aryl methyl sites for hydroxylation is 2. The van der Waals surface area contributed by atoms with Gasteiger partial charge in [-0.05, 0) is 49.1 Å². The maximum atomic E-state index is 15.9. The van der Waals surface area contributed by atoms with Gasteiger partial charge in [0.2, 0.25) is 5.91 Å². The van der Waals surface area contributed by atoms with Crippen molar-refractivity contribution in [3.05, 3.63) is 91.9 Å². The van der Waals surface area contributed by atoms with E-state index >= 15 is 4.39 Å². The third kappa shape index (κ3) is 4.55. The molecule has 4 aromatic heterocycles. The summed E-state index contributed by atoms with van der Waals surface area (Å²) < 4.78 is 18.3. The molecule has 1 fully saturated rings. The fourth-order valence-corrected chi connectivity index (χ4v) is 6.04. The first kappa shape index (κ1) is 28.5. The fraction of sp³-hybridized carbons (Fsp3) is 0.290. The lowest BCUT2D eigenvalue weighted by molar-refractivity contribution is -0.141. The van der Waals surface area contributed by atoms with Crippen molar-refractivity contribution in [1.82, 2.24) is 34.2 Å². The average Bonchev–Trinajstić information content (AvgIpc) is 3.43. The van der Waals surface area contributed by atoms with Crippen molar-refractivity contribution in [3.8, 4) is 16.9 Å². The first-order valence-corrected chi connectivity index (χ1v) is 14.2. The standard InChI is InChI=1S/C31H29ClFN7O3/c1-6-22(41)38-13-31(33,14-38)15-39-21-11-20(32)26(23-17(4)7-8-19-12-35-37-25(19)23)36-28(21)40(30(43)29(39)42)27-18(5)9-10-34-24(27)16(2)3/h6-12,16H,1,13-15H2,2-5H3,(H,35,37). The maximum Gasteiger partial charge on any atom is 0.322 e. The van der Waals surface area contributed by atoms with E-state index in [4.69, 9.17) is 16.6 Å². The predicted molar refractivity (Wildman–Crippen MR) is 164 cm³/mol. The molecule has 12 heteroatoms. The molecule has 0 radical (unpaired) electrons. The van der Waals surface area contributed by atoms with E-state index in [1.54, 1.807) is 24.5 Å². The number of carbonyl (C=O) groups is 1. The Balaban J connectivity index is 1.68. The maximum absolute atomic E-state index is 15.9. The molecule has 1 aliphatic rings. The molecule has 1 N–H and O–H groups in total. The molecule has 0 spiro atoms. The summed E-state index contributed by atoms with van der Waals surface area (Å²) in [4.78, 5) is 50.6. The molecule has 220 valence electrons. The van der Waals surface area contributed by atoms with Crippen molar-refractivity contribution in [2.75, 3.05) is 13.1 Å². The number of halogens is 2. The van der Waals surface area contributed by atoms with Gasteiger partial charge in [0.05, 0.1) is 59.0 Å². The highest BCUT2D eigenvalue weighted by Gasteiger charge is 2.46. The summed E-state index contributed by atoms with van der Waals surface area (Å²) in [6.45, 7) is 10.1. The zero-order valence-corrected chi connectivity index (χ0v) is 24.9. The molecule has 0 bridgehead atoms. The van der Waals surface area contributed by atoms with E-state index in [1.165, 1.54) is 9.47 Å². The number of amides is 1. The average molecular weight is 602 g/mol. The van der Waals surface area contributed by atoms with Gasteiger partial charge in [-0.3, -0.25) is 33.6 Å². The van der Waals surface area contributed by atoms with E-state index in [0.717, 1.165) is 21.6 Å². The number of H-pyrrole nitrogens is 1. The van der Waals surface area contributed by atoms with Crippen LogP contribution in [0.3, 0.4) is 0 Å². The number of pyridine rings is 2. The molecule has 0 atom stereocenters. The largest absolute Gasteiger partial charge is 0.332 e. The minimum Gasteiger partial charge on any atom is -0.332 e. The number of carbonyl (C=O) groups excluding carboxylic acids is 1. The second kappa shape index (κ2) is 10.3. The number of benzene rings is 1. The molecule has 10 nitrogen and oxygen atoms in total. The number of nitrogens with one attached hydrogen (secondary N) is 1. The zero-order valence-electron chi connectivity index (χ0n) is 24.1. The highest BCUT2D eigenvalue weighted by molar-refractivity contribution is 6.34. The Kier molecular flexibility index (Phi) is 6.80. The van der Waals surface area contributed by atoms with E-state index < -0.39 is 29.2 Å². The van der Waals surface area contributed by atoms with Crippen LogP contribution in [0.1, 0.15) is 36.6 Å². The van der Waals surface area contributed by atoms with Crippen molar-refractivity contribution in [2.24, 2.45) is 0 Å². The Hall–Kier alpha value is -4.64. The van der Waals surface area contributed by atoms with Crippen LogP contribution in [0.15, 0.2) is 58.9 Å². The lowest BCUT2D eigenvalue weighted by atomic mass is 9.95. The molecule has 1 aliphatic heterocycles. The smallest absolute Gasteiger partial charge is 0.322 e. The van der Waals surface area contributed by atoms with Crippen LogP contribution in [-0.2, 0) is 11.3 Å². The van der Waals surface area contributed by atoms with E-state index in [2.05, 4.69) is 21.8 Å². The number of alkyl halides is 1. The first-order chi connectivity index (χ1) is 20.4. The molecular formula is C31H29ClFN7O3. The van der Waals surface area contributed by atoms with Gasteiger partial charge in [-0.1, -0.05) is 44.2 Å². The van der Waals surface area contributed by atoms with Crippen LogP contribution < -0.4 is 11.1 Å². The number of fused-ring (bicyclic) bond motifs is 2. The summed E-state index contributed by atoms with van der Waals surface area (Å²) in [5, 5.41) is 8.22. The third-order valence-corrected chi connectivity index (χ3v) is 8.22. The number of hydrogen-bond donors (Lipinski definition) is 1. The highest BCUT2D eigenvalue weighted by Crippen LogP contribution is 2.37. The zero-order chi connectivity index (χ0) is 30.8. The molecule has 1 aromatic carbocycles. The summed E-state index contributed by atoms with van der Waals surface area (Å²) in [5.41, 5.74) is 0.903. The second-order valence-electron chi connectivity index (χ2n) is 11.4. The lowest BCUT2D eigenvalue weighted by Gasteiger charge is -2.44. The Morgan fingerprint density at radius 1 is 1.19 bits per heavy atom. The van der Waals surface area contributed by atoms with E-state index in [1.807, 2.05) is 39.8 Å². The molecule has 5 heterocycles. The molecule has 0 aliphatic carbocycles. The highest BCUT2D eigenvalue weighted by atomic mass is 35.5. The van der Waals surface area contributed by atoms with E-state index in [-0.39, 0.29) is 35.2 Å². The van der Waals surface area contributed by atoms with Crippen LogP contribution in [0.5, 0.6) is 0 Å². The number of nitrogens with zero attached hydrogens (tertiary/aromatic N) is 6. The summed E-state index contributed by atoms with van der Waals surface area (Å²) in [6.07, 6.45) is 4.45. The van der Waals surface area contributed by atoms with Crippen LogP contribution in [0, 0.1) is 13.8 Å². The van der Waals surface area contributed by atoms with Crippen LogP contribution >= 0.6 is 11.6 Å². The Labute approximate surface area is 250 Å². The van der Waals surface area contributed by atoms with Crippen LogP contribution in [-0.4, -0.2) is 58.9 Å². The number of aromatic amines is 1. The van der Waals surface area contributed by atoms with Gasteiger partial charge >= 0.3 is 11.1 Å². The molecule has 5 aromatic rings. The lowest BCUT2D eigenvalue weighted by Crippen LogP contribution is -2.63. The number of hydrogen-bond acceptors (Lipinski definition) is 6. The minimum absolute atomic E-state index is 0.0931. The minimum atomic E-state index is -1.94. The Bertz CT molecular complexity index is 2090. The van der Waals surface area contributed by atoms with Crippen molar-refractivity contribution < 1.29 is 9.18 Å². The molecule has 43 heavy (non-hydrogen) atoms. The van der Waals surface area contributed by atoms with E-state index in [0.29, 0.717) is 33.7 Å². The van der Waals surface area contributed by atoms with Gasteiger partial charge in [0, 0.05) is 17.1 Å². The predicted octanol–water partition coefficient (Wildman–Crippen LogP) is 4.62. The normalized spacial score (nSPS) is 14.4. The van der Waals surface area contributed by atoms with Crippen molar-refractivity contribution in [3.63, 3.8) is 0 Å². The molecule has 0 unspecified atom stereocenters. The SMILES string of the molecule is C=CC(=O)N1CC(F)(Cn2c(=O)c(=O)n(-c3c(C)ccnc3C(C)C)c3nc(-c4c(C)ccc5cn[nH]c45)c(Cl)cc32)C1. The van der Waals surface area contributed by atoms with Crippen LogP contribution in [0.25, 0.3) is 39.0 Å². The number of likely N-dealkylation sites (tertiary alicyclic amines) is 1. The quantitative estimate of drug-likeness (QED) is 0.224. The summed E-state index contributed by atoms with van der Waals surface area (Å²) >= 11 is 6.89. The van der Waals surface area contributed by atoms with Gasteiger partial charge in [0.1, 0.15) is 0 Å². The monoisotopic (exact) mass is 601 g/mol.